The standard InChI is InChI=1S/C18H22FNO/c1-12(2)17(14-7-9-16(19)10-8-14)20-11-15-6-4-5-13(3)18(15)21/h4-10,12,17,20-21H,11H2,1-3H3. The minimum Gasteiger partial charge on any atom is -0.507 e. The van der Waals surface area contributed by atoms with Gasteiger partial charge < -0.3 is 10.4 Å². The van der Waals surface area contributed by atoms with Crippen LogP contribution in [0.1, 0.15) is 36.6 Å². The third kappa shape index (κ3) is 3.82. The number of benzene rings is 2. The third-order valence-electron chi connectivity index (χ3n) is 3.73. The van der Waals surface area contributed by atoms with Crippen LogP contribution >= 0.6 is 0 Å². The maximum Gasteiger partial charge on any atom is 0.123 e. The van der Waals surface area contributed by atoms with E-state index in [1.807, 2.05) is 37.3 Å². The van der Waals surface area contributed by atoms with E-state index in [0.717, 1.165) is 16.7 Å². The molecule has 1 unspecified atom stereocenters. The summed E-state index contributed by atoms with van der Waals surface area (Å²) < 4.78 is 13.0. The van der Waals surface area contributed by atoms with Gasteiger partial charge in [0.2, 0.25) is 0 Å². The van der Waals surface area contributed by atoms with E-state index in [-0.39, 0.29) is 11.9 Å². The van der Waals surface area contributed by atoms with Crippen molar-refractivity contribution in [1.82, 2.24) is 5.32 Å². The average molecular weight is 287 g/mol. The molecule has 2 rings (SSSR count). The number of aromatic hydroxyl groups is 1. The highest BCUT2D eigenvalue weighted by Crippen LogP contribution is 2.25. The Kier molecular flexibility index (Phi) is 4.97. The van der Waals surface area contributed by atoms with Crippen molar-refractivity contribution in [2.24, 2.45) is 5.92 Å². The molecule has 0 bridgehead atoms. The van der Waals surface area contributed by atoms with Crippen LogP contribution in [0.3, 0.4) is 0 Å². The molecule has 0 amide bonds. The monoisotopic (exact) mass is 287 g/mol. The molecule has 0 saturated heterocycles. The second-order valence-corrected chi connectivity index (χ2v) is 5.74. The number of para-hydroxylation sites is 1. The number of rotatable bonds is 5. The van der Waals surface area contributed by atoms with Gasteiger partial charge in [0.1, 0.15) is 11.6 Å². The first kappa shape index (κ1) is 15.5. The Morgan fingerprint density at radius 3 is 2.38 bits per heavy atom. The predicted molar refractivity (Wildman–Crippen MR) is 83.7 cm³/mol. The molecule has 1 atom stereocenters. The molecule has 0 aromatic heterocycles. The highest BCUT2D eigenvalue weighted by atomic mass is 19.1. The molecule has 3 heteroatoms. The van der Waals surface area contributed by atoms with Crippen molar-refractivity contribution in [3.8, 4) is 5.75 Å². The van der Waals surface area contributed by atoms with Crippen LogP contribution in [0.25, 0.3) is 0 Å². The molecular formula is C18H22FNO. The first-order valence-corrected chi connectivity index (χ1v) is 7.25. The summed E-state index contributed by atoms with van der Waals surface area (Å²) >= 11 is 0. The Hall–Kier alpha value is -1.87. The molecule has 0 fully saturated rings. The summed E-state index contributed by atoms with van der Waals surface area (Å²) in [7, 11) is 0. The number of halogens is 1. The van der Waals surface area contributed by atoms with Crippen LogP contribution in [0.15, 0.2) is 42.5 Å². The van der Waals surface area contributed by atoms with E-state index in [0.29, 0.717) is 18.2 Å². The first-order valence-electron chi connectivity index (χ1n) is 7.25. The maximum atomic E-state index is 13.0. The molecule has 0 spiro atoms. The van der Waals surface area contributed by atoms with Crippen LogP contribution in [-0.2, 0) is 6.54 Å². The predicted octanol–water partition coefficient (Wildman–Crippen LogP) is 4.33. The van der Waals surface area contributed by atoms with Crippen molar-refractivity contribution in [3.05, 3.63) is 65.0 Å². The number of aryl methyl sites for hydroxylation is 1. The largest absolute Gasteiger partial charge is 0.507 e. The Labute approximate surface area is 125 Å². The van der Waals surface area contributed by atoms with Gasteiger partial charge in [-0.1, -0.05) is 44.2 Å². The van der Waals surface area contributed by atoms with Crippen LogP contribution in [-0.4, -0.2) is 5.11 Å². The van der Waals surface area contributed by atoms with Gasteiger partial charge in [-0.2, -0.15) is 0 Å². The molecule has 0 aliphatic carbocycles. The summed E-state index contributed by atoms with van der Waals surface area (Å²) in [4.78, 5) is 0. The van der Waals surface area contributed by atoms with E-state index < -0.39 is 0 Å². The zero-order chi connectivity index (χ0) is 15.4. The minimum absolute atomic E-state index is 0.116. The number of hydrogen-bond acceptors (Lipinski definition) is 2. The zero-order valence-corrected chi connectivity index (χ0v) is 12.7. The zero-order valence-electron chi connectivity index (χ0n) is 12.7. The van der Waals surface area contributed by atoms with Gasteiger partial charge in [0.25, 0.3) is 0 Å². The fourth-order valence-corrected chi connectivity index (χ4v) is 2.49. The minimum atomic E-state index is -0.224. The molecular weight excluding hydrogens is 265 g/mol. The van der Waals surface area contributed by atoms with Crippen molar-refractivity contribution < 1.29 is 9.50 Å². The third-order valence-corrected chi connectivity index (χ3v) is 3.73. The lowest BCUT2D eigenvalue weighted by Crippen LogP contribution is -2.25. The van der Waals surface area contributed by atoms with Crippen LogP contribution in [0.5, 0.6) is 5.75 Å². The lowest BCUT2D eigenvalue weighted by Gasteiger charge is -2.23. The molecule has 2 N–H and O–H groups in total. The van der Waals surface area contributed by atoms with E-state index in [9.17, 15) is 9.50 Å². The van der Waals surface area contributed by atoms with Crippen molar-refractivity contribution in [2.45, 2.75) is 33.4 Å². The average Bonchev–Trinajstić information content (AvgIpc) is 2.45. The van der Waals surface area contributed by atoms with Gasteiger partial charge in [0.05, 0.1) is 0 Å². The van der Waals surface area contributed by atoms with Crippen LogP contribution in [0, 0.1) is 18.7 Å². The SMILES string of the molecule is Cc1cccc(CNC(c2ccc(F)cc2)C(C)C)c1O. The summed E-state index contributed by atoms with van der Waals surface area (Å²) in [5.74, 6) is 0.478. The quantitative estimate of drug-likeness (QED) is 0.858. The highest BCUT2D eigenvalue weighted by molar-refractivity contribution is 5.39. The maximum absolute atomic E-state index is 13.0. The van der Waals surface area contributed by atoms with Gasteiger partial charge in [-0.05, 0) is 36.1 Å². The van der Waals surface area contributed by atoms with Gasteiger partial charge in [0, 0.05) is 18.2 Å². The summed E-state index contributed by atoms with van der Waals surface area (Å²) in [6.45, 7) is 6.71. The van der Waals surface area contributed by atoms with E-state index >= 15 is 0 Å². The fraction of sp³-hybridized carbons (Fsp3) is 0.333. The summed E-state index contributed by atoms with van der Waals surface area (Å²) in [6.07, 6.45) is 0. The van der Waals surface area contributed by atoms with Crippen molar-refractivity contribution in [1.29, 1.82) is 0 Å². The number of nitrogens with one attached hydrogen (secondary N) is 1. The van der Waals surface area contributed by atoms with Crippen molar-refractivity contribution in [3.63, 3.8) is 0 Å². The number of phenolic OH excluding ortho intramolecular Hbond substituents is 1. The van der Waals surface area contributed by atoms with Gasteiger partial charge in [-0.15, -0.1) is 0 Å². The molecule has 2 nitrogen and oxygen atoms in total. The number of phenols is 1. The van der Waals surface area contributed by atoms with Crippen molar-refractivity contribution in [2.75, 3.05) is 0 Å². The van der Waals surface area contributed by atoms with E-state index in [1.165, 1.54) is 12.1 Å². The highest BCUT2D eigenvalue weighted by Gasteiger charge is 2.16. The van der Waals surface area contributed by atoms with Crippen LogP contribution < -0.4 is 5.32 Å². The molecule has 0 heterocycles. The molecule has 2 aromatic carbocycles. The summed E-state index contributed by atoms with van der Waals surface area (Å²) in [6, 6.07) is 12.4. The van der Waals surface area contributed by atoms with E-state index in [4.69, 9.17) is 0 Å². The van der Waals surface area contributed by atoms with Crippen LogP contribution in [0.4, 0.5) is 4.39 Å². The molecule has 0 saturated carbocycles. The molecule has 21 heavy (non-hydrogen) atoms. The van der Waals surface area contributed by atoms with E-state index in [2.05, 4.69) is 19.2 Å². The van der Waals surface area contributed by atoms with Gasteiger partial charge in [-0.3, -0.25) is 0 Å². The lowest BCUT2D eigenvalue weighted by atomic mass is 9.95. The fourth-order valence-electron chi connectivity index (χ4n) is 2.49. The molecule has 0 aliphatic rings. The molecule has 2 aromatic rings. The van der Waals surface area contributed by atoms with Crippen LogP contribution in [0.2, 0.25) is 0 Å². The number of hydrogen-bond donors (Lipinski definition) is 2. The normalized spacial score (nSPS) is 12.6. The Balaban J connectivity index is 2.14. The smallest absolute Gasteiger partial charge is 0.123 e. The molecule has 0 radical (unpaired) electrons. The Bertz CT molecular complexity index is 593. The van der Waals surface area contributed by atoms with Gasteiger partial charge in [0.15, 0.2) is 0 Å². The topological polar surface area (TPSA) is 32.3 Å². The lowest BCUT2D eigenvalue weighted by molar-refractivity contribution is 0.401. The Morgan fingerprint density at radius 2 is 1.76 bits per heavy atom. The molecule has 0 aliphatic heterocycles. The summed E-state index contributed by atoms with van der Waals surface area (Å²) in [5.41, 5.74) is 2.80. The summed E-state index contributed by atoms with van der Waals surface area (Å²) in [5, 5.41) is 13.5. The second kappa shape index (κ2) is 6.72. The second-order valence-electron chi connectivity index (χ2n) is 5.74. The van der Waals surface area contributed by atoms with Gasteiger partial charge >= 0.3 is 0 Å². The van der Waals surface area contributed by atoms with Crippen molar-refractivity contribution >= 4 is 0 Å². The Morgan fingerprint density at radius 1 is 1.10 bits per heavy atom. The van der Waals surface area contributed by atoms with E-state index in [1.54, 1.807) is 0 Å². The van der Waals surface area contributed by atoms with Gasteiger partial charge in [-0.25, -0.2) is 4.39 Å². The molecule has 112 valence electrons. The first-order chi connectivity index (χ1) is 9.99.